The summed E-state index contributed by atoms with van der Waals surface area (Å²) in [6.45, 7) is 0.424. The summed E-state index contributed by atoms with van der Waals surface area (Å²) in [4.78, 5) is 0. The normalized spacial score (nSPS) is 20.0. The quantitative estimate of drug-likeness (QED) is 0.813. The van der Waals surface area contributed by atoms with E-state index in [4.69, 9.17) is 4.74 Å². The molecule has 1 aliphatic carbocycles. The highest BCUT2D eigenvalue weighted by atomic mass is 19.4. The lowest BCUT2D eigenvalue weighted by Gasteiger charge is -2.35. The second kappa shape index (κ2) is 6.34. The average molecular weight is 303 g/mol. The second-order valence-electron chi connectivity index (χ2n) is 5.52. The van der Waals surface area contributed by atoms with Crippen molar-refractivity contribution < 1.29 is 23.0 Å². The van der Waals surface area contributed by atoms with Crippen LogP contribution in [0.5, 0.6) is 0 Å². The van der Waals surface area contributed by atoms with Crippen LogP contribution in [-0.4, -0.2) is 36.6 Å². The number of nitrogens with one attached hydrogen (secondary N) is 1. The summed E-state index contributed by atoms with van der Waals surface area (Å²) in [7, 11) is 0. The maximum Gasteiger partial charge on any atom is 0.414 e. The molecule has 0 saturated heterocycles. The van der Waals surface area contributed by atoms with Crippen molar-refractivity contribution in [1.29, 1.82) is 0 Å². The minimum Gasteiger partial charge on any atom is -0.394 e. The molecule has 21 heavy (non-hydrogen) atoms. The van der Waals surface area contributed by atoms with Gasteiger partial charge in [-0.2, -0.15) is 13.2 Å². The number of hydrogen-bond donors (Lipinski definition) is 2. The van der Waals surface area contributed by atoms with Gasteiger partial charge in [0.05, 0.1) is 18.8 Å². The molecule has 0 spiro atoms. The molecule has 118 valence electrons. The molecule has 1 saturated carbocycles. The number of hydrogen-bond acceptors (Lipinski definition) is 3. The Labute approximate surface area is 122 Å². The van der Waals surface area contributed by atoms with Crippen molar-refractivity contribution in [2.45, 2.75) is 43.6 Å². The predicted molar refractivity (Wildman–Crippen MR) is 72.8 cm³/mol. The van der Waals surface area contributed by atoms with Crippen LogP contribution in [0.2, 0.25) is 0 Å². The first kappa shape index (κ1) is 16.3. The molecule has 1 aliphatic rings. The third-order valence-corrected chi connectivity index (χ3v) is 3.69. The van der Waals surface area contributed by atoms with Gasteiger partial charge >= 0.3 is 6.18 Å². The Balaban J connectivity index is 2.15. The van der Waals surface area contributed by atoms with Crippen LogP contribution in [0.1, 0.15) is 25.3 Å². The van der Waals surface area contributed by atoms with Crippen molar-refractivity contribution in [2.24, 2.45) is 0 Å². The zero-order valence-electron chi connectivity index (χ0n) is 11.9. The zero-order chi connectivity index (χ0) is 15.5. The van der Waals surface area contributed by atoms with Gasteiger partial charge in [0.15, 0.2) is 6.10 Å². The number of rotatable bonds is 7. The zero-order valence-corrected chi connectivity index (χ0v) is 11.9. The first-order valence-corrected chi connectivity index (χ1v) is 7.00. The largest absolute Gasteiger partial charge is 0.414 e. The Morgan fingerprint density at radius 2 is 1.90 bits per heavy atom. The monoisotopic (exact) mass is 303 g/mol. The molecule has 0 aliphatic heterocycles. The van der Waals surface area contributed by atoms with E-state index in [1.54, 1.807) is 24.3 Å². The number of benzene rings is 1. The van der Waals surface area contributed by atoms with Crippen molar-refractivity contribution in [3.63, 3.8) is 0 Å². The first-order valence-electron chi connectivity index (χ1n) is 7.00. The molecule has 0 amide bonds. The van der Waals surface area contributed by atoms with Gasteiger partial charge in [-0.15, -0.1) is 0 Å². The van der Waals surface area contributed by atoms with Gasteiger partial charge in [0.25, 0.3) is 0 Å². The van der Waals surface area contributed by atoms with Crippen molar-refractivity contribution >= 4 is 0 Å². The minimum absolute atomic E-state index is 0.224. The fourth-order valence-electron chi connectivity index (χ4n) is 2.13. The van der Waals surface area contributed by atoms with Crippen molar-refractivity contribution in [3.05, 3.63) is 35.9 Å². The first-order chi connectivity index (χ1) is 9.87. The van der Waals surface area contributed by atoms with E-state index < -0.39 is 17.8 Å². The van der Waals surface area contributed by atoms with Crippen molar-refractivity contribution in [3.8, 4) is 0 Å². The molecule has 0 radical (unpaired) electrons. The van der Waals surface area contributed by atoms with Crippen molar-refractivity contribution in [2.75, 3.05) is 13.2 Å². The van der Waals surface area contributed by atoms with Crippen LogP contribution in [0.4, 0.5) is 13.2 Å². The van der Waals surface area contributed by atoms with E-state index >= 15 is 0 Å². The Morgan fingerprint density at radius 3 is 2.38 bits per heavy atom. The van der Waals surface area contributed by atoms with Gasteiger partial charge in [-0.1, -0.05) is 30.3 Å². The highest BCUT2D eigenvalue weighted by Crippen LogP contribution is 2.31. The van der Waals surface area contributed by atoms with Crippen molar-refractivity contribution in [1.82, 2.24) is 5.32 Å². The molecule has 0 heterocycles. The molecule has 2 rings (SSSR count). The SMILES string of the molecule is CC(OCC(CO)(NC1CC1)c1ccccc1)C(F)(F)F. The molecule has 1 fully saturated rings. The van der Waals surface area contributed by atoms with Crippen LogP contribution in [0, 0.1) is 0 Å². The molecule has 2 N–H and O–H groups in total. The lowest BCUT2D eigenvalue weighted by molar-refractivity contribution is -0.220. The van der Waals surface area contributed by atoms with E-state index in [1.807, 2.05) is 6.07 Å². The van der Waals surface area contributed by atoms with Gasteiger partial charge in [-0.05, 0) is 25.3 Å². The van der Waals surface area contributed by atoms with Crippen LogP contribution in [0.25, 0.3) is 0 Å². The van der Waals surface area contributed by atoms with E-state index in [9.17, 15) is 18.3 Å². The van der Waals surface area contributed by atoms with Crippen LogP contribution in [0.15, 0.2) is 30.3 Å². The molecule has 1 aromatic carbocycles. The van der Waals surface area contributed by atoms with E-state index in [1.165, 1.54) is 0 Å². The average Bonchev–Trinajstić information content (AvgIpc) is 3.27. The fraction of sp³-hybridized carbons (Fsp3) is 0.600. The Morgan fingerprint density at radius 1 is 1.29 bits per heavy atom. The summed E-state index contributed by atoms with van der Waals surface area (Å²) < 4.78 is 42.8. The number of alkyl halides is 3. The number of halogens is 3. The number of aliphatic hydroxyl groups excluding tert-OH is 1. The predicted octanol–water partition coefficient (Wildman–Crippen LogP) is 2.59. The fourth-order valence-corrected chi connectivity index (χ4v) is 2.13. The third-order valence-electron chi connectivity index (χ3n) is 3.69. The van der Waals surface area contributed by atoms with Crippen LogP contribution >= 0.6 is 0 Å². The maximum atomic E-state index is 12.6. The molecular formula is C15H20F3NO2. The Bertz CT molecular complexity index is 448. The smallest absolute Gasteiger partial charge is 0.394 e. The summed E-state index contributed by atoms with van der Waals surface area (Å²) >= 11 is 0. The Hall–Kier alpha value is -1.11. The molecule has 1 aromatic rings. The second-order valence-corrected chi connectivity index (χ2v) is 5.52. The number of aliphatic hydroxyl groups is 1. The van der Waals surface area contributed by atoms with E-state index in [0.29, 0.717) is 0 Å². The Kier molecular flexibility index (Phi) is 4.91. The highest BCUT2D eigenvalue weighted by Gasteiger charge is 2.42. The van der Waals surface area contributed by atoms with Crippen LogP contribution < -0.4 is 5.32 Å². The van der Waals surface area contributed by atoms with Gasteiger partial charge in [0.1, 0.15) is 0 Å². The van der Waals surface area contributed by atoms with Gasteiger partial charge in [-0.25, -0.2) is 0 Å². The van der Waals surface area contributed by atoms with E-state index in [-0.39, 0.29) is 19.3 Å². The third kappa shape index (κ3) is 4.18. The molecule has 0 aromatic heterocycles. The van der Waals surface area contributed by atoms with Crippen LogP contribution in [0.3, 0.4) is 0 Å². The molecule has 0 bridgehead atoms. The molecule has 2 atom stereocenters. The summed E-state index contributed by atoms with van der Waals surface area (Å²) in [6.07, 6.45) is -4.35. The lowest BCUT2D eigenvalue weighted by Crippen LogP contribution is -2.51. The number of ether oxygens (including phenoxy) is 1. The van der Waals surface area contributed by atoms with E-state index in [2.05, 4.69) is 5.32 Å². The molecule has 6 heteroatoms. The molecular weight excluding hydrogens is 283 g/mol. The van der Waals surface area contributed by atoms with Gasteiger partial charge < -0.3 is 15.2 Å². The summed E-state index contributed by atoms with van der Waals surface area (Å²) in [5, 5.41) is 13.0. The minimum atomic E-state index is -4.41. The molecule has 2 unspecified atom stereocenters. The summed E-state index contributed by atoms with van der Waals surface area (Å²) in [5.74, 6) is 0. The molecule has 3 nitrogen and oxygen atoms in total. The topological polar surface area (TPSA) is 41.5 Å². The highest BCUT2D eigenvalue weighted by molar-refractivity contribution is 5.25. The maximum absolute atomic E-state index is 12.6. The van der Waals surface area contributed by atoms with E-state index in [0.717, 1.165) is 25.3 Å². The summed E-state index contributed by atoms with van der Waals surface area (Å²) in [5.41, 5.74) is -0.268. The van der Waals surface area contributed by atoms with Crippen LogP contribution in [-0.2, 0) is 10.3 Å². The van der Waals surface area contributed by atoms with Gasteiger partial charge in [-0.3, -0.25) is 0 Å². The van der Waals surface area contributed by atoms with Gasteiger partial charge in [0, 0.05) is 6.04 Å². The van der Waals surface area contributed by atoms with Gasteiger partial charge in [0.2, 0.25) is 0 Å². The lowest BCUT2D eigenvalue weighted by atomic mass is 9.91. The summed E-state index contributed by atoms with van der Waals surface area (Å²) in [6, 6.07) is 9.20. The standard InChI is InChI=1S/C15H20F3NO2/c1-11(15(16,17)18)21-10-14(9-20,19-13-7-8-13)12-5-3-2-4-6-12/h2-6,11,13,19-20H,7-10H2,1H3.